The summed E-state index contributed by atoms with van der Waals surface area (Å²) in [5.41, 5.74) is 1.75. The van der Waals surface area contributed by atoms with Crippen LogP contribution in [0.2, 0.25) is 0 Å². The SMILES string of the molecule is COc1ccc(CCNc2oc(-c3ccc(S(=O)(=O)N4CCCC(C)C4)cc3)nc2C#N)cc1OC. The lowest BCUT2D eigenvalue weighted by molar-refractivity contribution is 0.281. The molecular formula is C26H30N4O5S. The molecule has 9 nitrogen and oxygen atoms in total. The zero-order chi connectivity index (χ0) is 25.7. The van der Waals surface area contributed by atoms with Crippen LogP contribution >= 0.6 is 0 Å². The number of piperidine rings is 1. The van der Waals surface area contributed by atoms with Gasteiger partial charge in [0.15, 0.2) is 11.5 Å². The van der Waals surface area contributed by atoms with E-state index < -0.39 is 10.0 Å². The Balaban J connectivity index is 1.45. The van der Waals surface area contributed by atoms with E-state index in [-0.39, 0.29) is 22.4 Å². The first-order valence-corrected chi connectivity index (χ1v) is 13.3. The summed E-state index contributed by atoms with van der Waals surface area (Å²) in [5, 5.41) is 12.6. The minimum absolute atomic E-state index is 0.135. The zero-order valence-electron chi connectivity index (χ0n) is 20.7. The van der Waals surface area contributed by atoms with Gasteiger partial charge in [-0.15, -0.1) is 0 Å². The van der Waals surface area contributed by atoms with Crippen LogP contribution in [0.15, 0.2) is 51.8 Å². The molecule has 10 heteroatoms. The van der Waals surface area contributed by atoms with Crippen molar-refractivity contribution < 1.29 is 22.3 Å². The van der Waals surface area contributed by atoms with Crippen molar-refractivity contribution in [1.29, 1.82) is 5.26 Å². The first-order valence-electron chi connectivity index (χ1n) is 11.8. The van der Waals surface area contributed by atoms with E-state index in [4.69, 9.17) is 13.9 Å². The van der Waals surface area contributed by atoms with Gasteiger partial charge < -0.3 is 19.2 Å². The summed E-state index contributed by atoms with van der Waals surface area (Å²) in [6, 6.07) is 14.2. The van der Waals surface area contributed by atoms with Crippen molar-refractivity contribution in [3.05, 3.63) is 53.7 Å². The Morgan fingerprint density at radius 1 is 1.17 bits per heavy atom. The maximum absolute atomic E-state index is 13.0. The van der Waals surface area contributed by atoms with Crippen LogP contribution in [0.25, 0.3) is 11.5 Å². The molecule has 1 atom stereocenters. The summed E-state index contributed by atoms with van der Waals surface area (Å²) in [6.45, 7) is 3.65. The number of oxazole rings is 1. The van der Waals surface area contributed by atoms with E-state index in [1.165, 1.54) is 0 Å². The van der Waals surface area contributed by atoms with Crippen LogP contribution < -0.4 is 14.8 Å². The lowest BCUT2D eigenvalue weighted by Gasteiger charge is -2.30. The van der Waals surface area contributed by atoms with Gasteiger partial charge in [-0.3, -0.25) is 0 Å². The number of nitrogens with one attached hydrogen (secondary N) is 1. The van der Waals surface area contributed by atoms with Gasteiger partial charge in [-0.2, -0.15) is 14.6 Å². The molecule has 0 bridgehead atoms. The standard InChI is InChI=1S/C26H30N4O5S/c1-18-5-4-14-30(17-18)36(31,32)21-9-7-20(8-10-21)25-29-22(16-27)26(35-25)28-13-12-19-6-11-23(33-2)24(15-19)34-3/h6-11,15,18,28H,4-5,12-14,17H2,1-3H3. The van der Waals surface area contributed by atoms with E-state index in [1.807, 2.05) is 24.3 Å². The number of anilines is 1. The number of hydrogen-bond acceptors (Lipinski definition) is 8. The highest BCUT2D eigenvalue weighted by Gasteiger charge is 2.28. The average Bonchev–Trinajstić information content (AvgIpc) is 3.31. The maximum atomic E-state index is 13.0. The van der Waals surface area contributed by atoms with Crippen LogP contribution in [0.1, 0.15) is 31.0 Å². The quantitative estimate of drug-likeness (QED) is 0.453. The van der Waals surface area contributed by atoms with Gasteiger partial charge in [0.05, 0.1) is 19.1 Å². The molecule has 1 N–H and O–H groups in total. The molecule has 0 spiro atoms. The van der Waals surface area contributed by atoms with Crippen molar-refractivity contribution in [2.24, 2.45) is 5.92 Å². The van der Waals surface area contributed by atoms with Crippen LogP contribution in [0.3, 0.4) is 0 Å². The van der Waals surface area contributed by atoms with E-state index in [1.54, 1.807) is 42.8 Å². The van der Waals surface area contributed by atoms with Crippen LogP contribution in [0.4, 0.5) is 5.88 Å². The summed E-state index contributed by atoms with van der Waals surface area (Å²) < 4.78 is 44.0. The monoisotopic (exact) mass is 510 g/mol. The number of nitriles is 1. The van der Waals surface area contributed by atoms with Crippen molar-refractivity contribution in [2.45, 2.75) is 31.1 Å². The smallest absolute Gasteiger partial charge is 0.243 e. The second-order valence-electron chi connectivity index (χ2n) is 8.81. The first-order chi connectivity index (χ1) is 17.3. The number of benzene rings is 2. The molecule has 1 unspecified atom stereocenters. The largest absolute Gasteiger partial charge is 0.493 e. The van der Waals surface area contributed by atoms with Crippen LogP contribution in [0, 0.1) is 17.2 Å². The van der Waals surface area contributed by atoms with E-state index in [0.29, 0.717) is 49.0 Å². The number of sulfonamides is 1. The van der Waals surface area contributed by atoms with Gasteiger partial charge >= 0.3 is 0 Å². The van der Waals surface area contributed by atoms with Gasteiger partial charge in [-0.1, -0.05) is 13.0 Å². The highest BCUT2D eigenvalue weighted by atomic mass is 32.2. The normalized spacial score (nSPS) is 16.3. The molecule has 0 aliphatic carbocycles. The summed E-state index contributed by atoms with van der Waals surface area (Å²) >= 11 is 0. The summed E-state index contributed by atoms with van der Waals surface area (Å²) in [7, 11) is -0.371. The fourth-order valence-electron chi connectivity index (χ4n) is 4.28. The van der Waals surface area contributed by atoms with Crippen LogP contribution in [0.5, 0.6) is 11.5 Å². The van der Waals surface area contributed by atoms with E-state index in [2.05, 4.69) is 17.2 Å². The molecule has 1 aliphatic heterocycles. The Hall–Kier alpha value is -3.55. The lowest BCUT2D eigenvalue weighted by Crippen LogP contribution is -2.39. The van der Waals surface area contributed by atoms with Gasteiger partial charge in [0.1, 0.15) is 6.07 Å². The predicted molar refractivity (Wildman–Crippen MR) is 136 cm³/mol. The number of methoxy groups -OCH3 is 2. The highest BCUT2D eigenvalue weighted by molar-refractivity contribution is 7.89. The molecule has 0 amide bonds. The van der Waals surface area contributed by atoms with E-state index >= 15 is 0 Å². The Morgan fingerprint density at radius 3 is 2.58 bits per heavy atom. The molecule has 36 heavy (non-hydrogen) atoms. The van der Waals surface area contributed by atoms with Gasteiger partial charge in [-0.25, -0.2) is 8.42 Å². The molecule has 3 aromatic rings. The molecule has 1 aromatic heterocycles. The van der Waals surface area contributed by atoms with E-state index in [0.717, 1.165) is 18.4 Å². The molecule has 4 rings (SSSR count). The Bertz CT molecular complexity index is 1350. The van der Waals surface area contributed by atoms with Gasteiger partial charge in [0.2, 0.25) is 27.5 Å². The van der Waals surface area contributed by atoms with Crippen LogP contribution in [-0.2, 0) is 16.4 Å². The molecule has 2 heterocycles. The highest BCUT2D eigenvalue weighted by Crippen LogP contribution is 2.30. The second-order valence-corrected chi connectivity index (χ2v) is 10.7. The summed E-state index contributed by atoms with van der Waals surface area (Å²) in [4.78, 5) is 4.52. The number of aromatic nitrogens is 1. The first kappa shape index (κ1) is 25.5. The van der Waals surface area contributed by atoms with Crippen molar-refractivity contribution in [3.8, 4) is 29.0 Å². The Kier molecular flexibility index (Phi) is 7.82. The summed E-state index contributed by atoms with van der Waals surface area (Å²) in [5.74, 6) is 2.17. The number of rotatable bonds is 9. The van der Waals surface area contributed by atoms with Gasteiger partial charge in [-0.05, 0) is 67.1 Å². The van der Waals surface area contributed by atoms with Crippen molar-refractivity contribution >= 4 is 15.9 Å². The third kappa shape index (κ3) is 5.48. The zero-order valence-corrected chi connectivity index (χ0v) is 21.5. The molecule has 0 radical (unpaired) electrons. The maximum Gasteiger partial charge on any atom is 0.243 e. The Labute approximate surface area is 211 Å². The fourth-order valence-corrected chi connectivity index (χ4v) is 5.88. The minimum Gasteiger partial charge on any atom is -0.493 e. The van der Waals surface area contributed by atoms with Gasteiger partial charge in [0.25, 0.3) is 0 Å². The number of hydrogen-bond donors (Lipinski definition) is 1. The third-order valence-electron chi connectivity index (χ3n) is 6.24. The third-order valence-corrected chi connectivity index (χ3v) is 8.12. The molecule has 1 saturated heterocycles. The average molecular weight is 511 g/mol. The molecule has 2 aromatic carbocycles. The predicted octanol–water partition coefficient (Wildman–Crippen LogP) is 4.31. The lowest BCUT2D eigenvalue weighted by atomic mass is 10.0. The number of ether oxygens (including phenoxy) is 2. The minimum atomic E-state index is -3.55. The number of nitrogens with zero attached hydrogens (tertiary/aromatic N) is 3. The molecule has 1 aliphatic rings. The fraction of sp³-hybridized carbons (Fsp3) is 0.385. The van der Waals surface area contributed by atoms with Crippen molar-refractivity contribution in [3.63, 3.8) is 0 Å². The van der Waals surface area contributed by atoms with Crippen molar-refractivity contribution in [2.75, 3.05) is 39.2 Å². The van der Waals surface area contributed by atoms with Crippen molar-refractivity contribution in [1.82, 2.24) is 9.29 Å². The Morgan fingerprint density at radius 2 is 1.92 bits per heavy atom. The molecular weight excluding hydrogens is 480 g/mol. The molecule has 190 valence electrons. The van der Waals surface area contributed by atoms with Crippen LogP contribution in [-0.4, -0.2) is 51.6 Å². The van der Waals surface area contributed by atoms with Gasteiger partial charge in [0, 0.05) is 25.2 Å². The summed E-state index contributed by atoms with van der Waals surface area (Å²) in [6.07, 6.45) is 2.57. The molecule has 0 saturated carbocycles. The van der Waals surface area contributed by atoms with E-state index in [9.17, 15) is 13.7 Å². The molecule has 1 fully saturated rings. The second kappa shape index (κ2) is 11.0. The topological polar surface area (TPSA) is 118 Å².